The van der Waals surface area contributed by atoms with Gasteiger partial charge in [-0.05, 0) is 6.07 Å². The van der Waals surface area contributed by atoms with Gasteiger partial charge in [0.1, 0.15) is 11.4 Å². The Kier molecular flexibility index (Phi) is 2.29. The second kappa shape index (κ2) is 3.70. The molecular weight excluding hydrogens is 223 g/mol. The highest BCUT2D eigenvalue weighted by molar-refractivity contribution is 5.73. The van der Waals surface area contributed by atoms with Crippen molar-refractivity contribution < 1.29 is 13.9 Å². The highest BCUT2D eigenvalue weighted by Crippen LogP contribution is 2.42. The van der Waals surface area contributed by atoms with Gasteiger partial charge in [0.2, 0.25) is 0 Å². The maximum absolute atomic E-state index is 13.9. The van der Waals surface area contributed by atoms with E-state index in [0.717, 1.165) is 0 Å². The molecule has 2 N–H and O–H groups in total. The molecule has 2 heterocycles. The minimum atomic E-state index is -0.715. The van der Waals surface area contributed by atoms with E-state index in [1.807, 2.05) is 0 Å². The molecule has 3 rings (SSSR count). The van der Waals surface area contributed by atoms with Crippen LogP contribution in [-0.4, -0.2) is 25.8 Å². The van der Waals surface area contributed by atoms with Crippen molar-refractivity contribution in [2.45, 2.75) is 5.54 Å². The maximum atomic E-state index is 13.9. The molecule has 2 aliphatic rings. The number of halogens is 1. The predicted molar refractivity (Wildman–Crippen MR) is 60.0 cm³/mol. The minimum Gasteiger partial charge on any atom is -0.465 e. The molecule has 4 nitrogen and oxygen atoms in total. The number of amidine groups is 1. The van der Waals surface area contributed by atoms with Crippen molar-refractivity contribution in [3.05, 3.63) is 35.6 Å². The van der Waals surface area contributed by atoms with Crippen molar-refractivity contribution in [3.8, 4) is 0 Å². The van der Waals surface area contributed by atoms with Crippen LogP contribution < -0.4 is 5.73 Å². The van der Waals surface area contributed by atoms with E-state index in [4.69, 9.17) is 15.2 Å². The van der Waals surface area contributed by atoms with E-state index in [1.54, 1.807) is 18.2 Å². The van der Waals surface area contributed by atoms with E-state index < -0.39 is 5.54 Å². The van der Waals surface area contributed by atoms with Gasteiger partial charge in [0.15, 0.2) is 0 Å². The fourth-order valence-corrected chi connectivity index (χ4v) is 2.51. The lowest BCUT2D eigenvalue weighted by Crippen LogP contribution is -2.43. The van der Waals surface area contributed by atoms with Crippen LogP contribution in [0, 0.1) is 11.7 Å². The van der Waals surface area contributed by atoms with Gasteiger partial charge in [0.05, 0.1) is 19.8 Å². The van der Waals surface area contributed by atoms with Crippen molar-refractivity contribution in [1.82, 2.24) is 0 Å². The predicted octanol–water partition coefficient (Wildman–Crippen LogP) is 1.01. The van der Waals surface area contributed by atoms with Crippen molar-refractivity contribution in [1.29, 1.82) is 0 Å². The molecule has 90 valence electrons. The number of hydrogen-bond acceptors (Lipinski definition) is 4. The van der Waals surface area contributed by atoms with Crippen LogP contribution in [0.5, 0.6) is 0 Å². The molecule has 1 aromatic rings. The summed E-state index contributed by atoms with van der Waals surface area (Å²) in [5.41, 5.74) is 5.43. The molecule has 0 spiro atoms. The van der Waals surface area contributed by atoms with E-state index in [0.29, 0.717) is 25.4 Å². The molecule has 0 radical (unpaired) electrons. The number of benzene rings is 1. The molecule has 0 aliphatic carbocycles. The molecular formula is C12H13FN2O2. The van der Waals surface area contributed by atoms with Gasteiger partial charge in [0.25, 0.3) is 6.02 Å². The van der Waals surface area contributed by atoms with E-state index in [9.17, 15) is 4.39 Å². The molecule has 0 aromatic heterocycles. The summed E-state index contributed by atoms with van der Waals surface area (Å²) in [6.45, 7) is 1.29. The Bertz CT molecular complexity index is 477. The first kappa shape index (κ1) is 10.5. The van der Waals surface area contributed by atoms with Crippen LogP contribution in [-0.2, 0) is 15.0 Å². The minimum absolute atomic E-state index is 0.0201. The zero-order chi connectivity index (χ0) is 11.9. The lowest BCUT2D eigenvalue weighted by molar-refractivity contribution is 0.154. The number of rotatable bonds is 1. The molecule has 0 amide bonds. The van der Waals surface area contributed by atoms with Crippen molar-refractivity contribution in [2.75, 3.05) is 19.8 Å². The molecule has 2 aliphatic heterocycles. The third-order valence-electron chi connectivity index (χ3n) is 3.40. The first-order chi connectivity index (χ1) is 8.22. The molecule has 5 heteroatoms. The molecule has 17 heavy (non-hydrogen) atoms. The molecule has 1 saturated heterocycles. The van der Waals surface area contributed by atoms with Crippen LogP contribution in [0.2, 0.25) is 0 Å². The Labute approximate surface area is 98.2 Å². The summed E-state index contributed by atoms with van der Waals surface area (Å²) in [5.74, 6) is -0.256. The Morgan fingerprint density at radius 3 is 3.00 bits per heavy atom. The average molecular weight is 236 g/mol. The highest BCUT2D eigenvalue weighted by Gasteiger charge is 2.49. The highest BCUT2D eigenvalue weighted by atomic mass is 19.1. The molecule has 0 bridgehead atoms. The fourth-order valence-electron chi connectivity index (χ4n) is 2.51. The lowest BCUT2D eigenvalue weighted by Gasteiger charge is -2.34. The van der Waals surface area contributed by atoms with Crippen molar-refractivity contribution >= 4 is 6.02 Å². The number of fused-ring (bicyclic) bond motifs is 1. The summed E-state index contributed by atoms with van der Waals surface area (Å²) in [5, 5.41) is 0. The summed E-state index contributed by atoms with van der Waals surface area (Å²) in [4.78, 5) is 4.31. The second-order valence-corrected chi connectivity index (χ2v) is 4.38. The summed E-state index contributed by atoms with van der Waals surface area (Å²) >= 11 is 0. The first-order valence-electron chi connectivity index (χ1n) is 5.53. The summed E-state index contributed by atoms with van der Waals surface area (Å²) in [7, 11) is 0. The third-order valence-corrected chi connectivity index (χ3v) is 3.40. The van der Waals surface area contributed by atoms with Crippen LogP contribution >= 0.6 is 0 Å². The Balaban J connectivity index is 2.15. The van der Waals surface area contributed by atoms with Crippen molar-refractivity contribution in [3.63, 3.8) is 0 Å². The molecule has 0 saturated carbocycles. The Morgan fingerprint density at radius 1 is 1.35 bits per heavy atom. The maximum Gasteiger partial charge on any atom is 0.282 e. The normalized spacial score (nSPS) is 31.6. The number of nitrogens with two attached hydrogens (primary N) is 1. The standard InChI is InChI=1S/C12H13FN2O2/c13-10-4-2-1-3-9(10)12-7-16-5-8(12)6-17-11(14)15-12/h1-4,8H,5-7H2,(H2,14,15). The van der Waals surface area contributed by atoms with Gasteiger partial charge in [-0.15, -0.1) is 0 Å². The van der Waals surface area contributed by atoms with Gasteiger partial charge in [-0.25, -0.2) is 9.38 Å². The van der Waals surface area contributed by atoms with Crippen LogP contribution in [0.25, 0.3) is 0 Å². The largest absolute Gasteiger partial charge is 0.465 e. The summed E-state index contributed by atoms with van der Waals surface area (Å²) in [6, 6.07) is 6.73. The van der Waals surface area contributed by atoms with E-state index in [-0.39, 0.29) is 17.8 Å². The van der Waals surface area contributed by atoms with Gasteiger partial charge in [-0.3, -0.25) is 0 Å². The number of aliphatic imine (C=N–C) groups is 1. The smallest absolute Gasteiger partial charge is 0.282 e. The number of ether oxygens (including phenoxy) is 2. The Morgan fingerprint density at radius 2 is 2.18 bits per heavy atom. The van der Waals surface area contributed by atoms with Crippen LogP contribution in [0.4, 0.5) is 4.39 Å². The molecule has 2 unspecified atom stereocenters. The van der Waals surface area contributed by atoms with E-state index >= 15 is 0 Å². The lowest BCUT2D eigenvalue weighted by atomic mass is 9.80. The van der Waals surface area contributed by atoms with Gasteiger partial charge in [-0.1, -0.05) is 18.2 Å². The number of nitrogens with zero attached hydrogens (tertiary/aromatic N) is 1. The van der Waals surface area contributed by atoms with Gasteiger partial charge >= 0.3 is 0 Å². The van der Waals surface area contributed by atoms with Crippen molar-refractivity contribution in [2.24, 2.45) is 16.6 Å². The summed E-state index contributed by atoms with van der Waals surface area (Å²) < 4.78 is 24.6. The van der Waals surface area contributed by atoms with Gasteiger partial charge < -0.3 is 15.2 Å². The van der Waals surface area contributed by atoms with E-state index in [1.165, 1.54) is 6.07 Å². The fraction of sp³-hybridized carbons (Fsp3) is 0.417. The first-order valence-corrected chi connectivity index (χ1v) is 5.53. The summed E-state index contributed by atoms with van der Waals surface area (Å²) in [6.07, 6.45) is 0. The second-order valence-electron chi connectivity index (χ2n) is 4.38. The molecule has 2 atom stereocenters. The molecule has 1 aromatic carbocycles. The van der Waals surface area contributed by atoms with Gasteiger partial charge in [0, 0.05) is 11.5 Å². The zero-order valence-corrected chi connectivity index (χ0v) is 9.23. The van der Waals surface area contributed by atoms with Crippen LogP contribution in [0.1, 0.15) is 5.56 Å². The number of hydrogen-bond donors (Lipinski definition) is 1. The third kappa shape index (κ3) is 1.50. The average Bonchev–Trinajstić information content (AvgIpc) is 2.73. The quantitative estimate of drug-likeness (QED) is 0.791. The Hall–Kier alpha value is -1.62. The topological polar surface area (TPSA) is 56.8 Å². The molecule has 1 fully saturated rings. The van der Waals surface area contributed by atoms with Crippen LogP contribution in [0.15, 0.2) is 29.3 Å². The van der Waals surface area contributed by atoms with E-state index in [2.05, 4.69) is 4.99 Å². The zero-order valence-electron chi connectivity index (χ0n) is 9.23. The van der Waals surface area contributed by atoms with Gasteiger partial charge in [-0.2, -0.15) is 0 Å². The van der Waals surface area contributed by atoms with Crippen LogP contribution in [0.3, 0.4) is 0 Å². The SMILES string of the molecule is NC1=NC2(c3ccccc3F)COCC2CO1. The monoisotopic (exact) mass is 236 g/mol.